The summed E-state index contributed by atoms with van der Waals surface area (Å²) < 4.78 is 0. The van der Waals surface area contributed by atoms with Crippen molar-refractivity contribution < 1.29 is 0 Å². The zero-order chi connectivity index (χ0) is 11.7. The molecule has 0 aromatic carbocycles. The number of hydrogen-bond donors (Lipinski definition) is 3. The predicted molar refractivity (Wildman–Crippen MR) is 68.0 cm³/mol. The Morgan fingerprint density at radius 1 is 1.18 bits per heavy atom. The van der Waals surface area contributed by atoms with Crippen molar-refractivity contribution in [3.8, 4) is 0 Å². The molecule has 0 saturated heterocycles. The predicted octanol–water partition coefficient (Wildman–Crippen LogP) is 0.711. The van der Waals surface area contributed by atoms with Gasteiger partial charge in [0.05, 0.1) is 5.69 Å². The molecule has 0 bridgehead atoms. The molecular formula is C12H19N5. The van der Waals surface area contributed by atoms with Crippen LogP contribution in [0, 0.1) is 0 Å². The van der Waals surface area contributed by atoms with Crippen molar-refractivity contribution in [1.82, 2.24) is 15.3 Å². The molecule has 2 heterocycles. The maximum absolute atomic E-state index is 5.79. The summed E-state index contributed by atoms with van der Waals surface area (Å²) >= 11 is 0. The normalized spacial score (nSPS) is 20.2. The largest absolute Gasteiger partial charge is 0.368 e. The number of anilines is 2. The third kappa shape index (κ3) is 2.20. The number of rotatable bonds is 2. The number of nitrogens with zero attached hydrogens (tertiary/aromatic N) is 2. The lowest BCUT2D eigenvalue weighted by Crippen LogP contribution is -2.28. The van der Waals surface area contributed by atoms with Crippen molar-refractivity contribution in [2.75, 3.05) is 24.1 Å². The molecule has 1 fully saturated rings. The molecule has 0 atom stereocenters. The van der Waals surface area contributed by atoms with Crippen LogP contribution in [0.5, 0.6) is 0 Å². The Morgan fingerprint density at radius 3 is 2.76 bits per heavy atom. The molecule has 1 aromatic rings. The van der Waals surface area contributed by atoms with Gasteiger partial charge >= 0.3 is 0 Å². The van der Waals surface area contributed by atoms with Crippen LogP contribution < -0.4 is 16.4 Å². The van der Waals surface area contributed by atoms with Crippen LogP contribution in [-0.4, -0.2) is 29.1 Å². The molecule has 2 aliphatic rings. The first-order valence-corrected chi connectivity index (χ1v) is 6.45. The quantitative estimate of drug-likeness (QED) is 0.701. The summed E-state index contributed by atoms with van der Waals surface area (Å²) in [5.74, 6) is 1.37. The van der Waals surface area contributed by atoms with E-state index in [1.54, 1.807) is 0 Å². The zero-order valence-electron chi connectivity index (χ0n) is 10.00. The molecule has 0 unspecified atom stereocenters. The fraction of sp³-hybridized carbons (Fsp3) is 0.667. The van der Waals surface area contributed by atoms with Crippen molar-refractivity contribution in [3.63, 3.8) is 0 Å². The van der Waals surface area contributed by atoms with Crippen molar-refractivity contribution in [1.29, 1.82) is 0 Å². The van der Waals surface area contributed by atoms with Crippen molar-refractivity contribution in [3.05, 3.63) is 11.3 Å². The maximum atomic E-state index is 5.79. The summed E-state index contributed by atoms with van der Waals surface area (Å²) in [6.45, 7) is 1.98. The third-order valence-electron chi connectivity index (χ3n) is 3.65. The van der Waals surface area contributed by atoms with Gasteiger partial charge in [-0.05, 0) is 32.2 Å². The van der Waals surface area contributed by atoms with E-state index >= 15 is 0 Å². The first kappa shape index (κ1) is 10.8. The van der Waals surface area contributed by atoms with Crippen LogP contribution in [0.4, 0.5) is 11.8 Å². The zero-order valence-corrected chi connectivity index (χ0v) is 10.00. The minimum absolute atomic E-state index is 0.396. The van der Waals surface area contributed by atoms with Gasteiger partial charge in [-0.1, -0.05) is 0 Å². The summed E-state index contributed by atoms with van der Waals surface area (Å²) in [7, 11) is 0. The minimum Gasteiger partial charge on any atom is -0.368 e. The Morgan fingerprint density at radius 2 is 2.00 bits per heavy atom. The van der Waals surface area contributed by atoms with Crippen LogP contribution in [0.15, 0.2) is 0 Å². The second kappa shape index (κ2) is 4.49. The van der Waals surface area contributed by atoms with E-state index in [9.17, 15) is 0 Å². The lowest BCUT2D eigenvalue weighted by Gasteiger charge is -2.28. The SMILES string of the molecule is Nc1nc2c(c(NC3CCC3)n1)CCNCC2. The van der Waals surface area contributed by atoms with E-state index in [-0.39, 0.29) is 0 Å². The molecular weight excluding hydrogens is 214 g/mol. The average Bonchev–Trinajstić information content (AvgIpc) is 2.48. The van der Waals surface area contributed by atoms with Gasteiger partial charge in [-0.15, -0.1) is 0 Å². The highest BCUT2D eigenvalue weighted by Crippen LogP contribution is 2.26. The summed E-state index contributed by atoms with van der Waals surface area (Å²) in [5, 5.41) is 6.90. The van der Waals surface area contributed by atoms with Crippen LogP contribution in [-0.2, 0) is 12.8 Å². The van der Waals surface area contributed by atoms with Gasteiger partial charge in [0.25, 0.3) is 0 Å². The van der Waals surface area contributed by atoms with E-state index in [0.717, 1.165) is 37.4 Å². The van der Waals surface area contributed by atoms with Gasteiger partial charge in [0.1, 0.15) is 5.82 Å². The van der Waals surface area contributed by atoms with E-state index in [1.165, 1.54) is 24.8 Å². The van der Waals surface area contributed by atoms with Crippen LogP contribution in [0.1, 0.15) is 30.5 Å². The molecule has 4 N–H and O–H groups in total. The fourth-order valence-corrected chi connectivity index (χ4v) is 2.43. The number of fused-ring (bicyclic) bond motifs is 1. The van der Waals surface area contributed by atoms with Crippen LogP contribution in [0.25, 0.3) is 0 Å². The number of nitrogens with two attached hydrogens (primary N) is 1. The fourth-order valence-electron chi connectivity index (χ4n) is 2.43. The summed E-state index contributed by atoms with van der Waals surface area (Å²) in [5.41, 5.74) is 8.16. The lowest BCUT2D eigenvalue weighted by molar-refractivity contribution is 0.444. The molecule has 1 saturated carbocycles. The Kier molecular flexibility index (Phi) is 2.84. The number of aromatic nitrogens is 2. The highest BCUT2D eigenvalue weighted by Gasteiger charge is 2.21. The van der Waals surface area contributed by atoms with E-state index in [1.807, 2.05) is 0 Å². The number of hydrogen-bond acceptors (Lipinski definition) is 5. The Bertz CT molecular complexity index is 414. The summed E-state index contributed by atoms with van der Waals surface area (Å²) in [6.07, 6.45) is 5.75. The van der Waals surface area contributed by atoms with Gasteiger partial charge in [0.2, 0.25) is 5.95 Å². The van der Waals surface area contributed by atoms with E-state index in [2.05, 4.69) is 20.6 Å². The van der Waals surface area contributed by atoms with Crippen LogP contribution in [0.3, 0.4) is 0 Å². The minimum atomic E-state index is 0.396. The van der Waals surface area contributed by atoms with Crippen molar-refractivity contribution in [2.24, 2.45) is 0 Å². The van der Waals surface area contributed by atoms with Gasteiger partial charge in [-0.3, -0.25) is 0 Å². The monoisotopic (exact) mass is 233 g/mol. The molecule has 3 rings (SSSR count). The van der Waals surface area contributed by atoms with Crippen LogP contribution in [0.2, 0.25) is 0 Å². The van der Waals surface area contributed by atoms with Crippen molar-refractivity contribution >= 4 is 11.8 Å². The van der Waals surface area contributed by atoms with Gasteiger partial charge < -0.3 is 16.4 Å². The molecule has 0 radical (unpaired) electrons. The molecule has 92 valence electrons. The van der Waals surface area contributed by atoms with Crippen molar-refractivity contribution in [2.45, 2.75) is 38.1 Å². The average molecular weight is 233 g/mol. The number of nitrogen functional groups attached to an aromatic ring is 1. The van der Waals surface area contributed by atoms with E-state index < -0.39 is 0 Å². The standard InChI is InChI=1S/C12H19N5/c13-12-16-10-5-7-14-6-4-9(10)11(17-12)15-8-2-1-3-8/h8,14H,1-7H2,(H3,13,15,16,17). The van der Waals surface area contributed by atoms with Gasteiger partial charge in [0, 0.05) is 24.6 Å². The molecule has 0 amide bonds. The smallest absolute Gasteiger partial charge is 0.222 e. The van der Waals surface area contributed by atoms with E-state index in [0.29, 0.717) is 12.0 Å². The van der Waals surface area contributed by atoms with Crippen LogP contribution >= 0.6 is 0 Å². The first-order chi connectivity index (χ1) is 8.33. The second-order valence-corrected chi connectivity index (χ2v) is 4.88. The Balaban J connectivity index is 1.91. The summed E-state index contributed by atoms with van der Waals surface area (Å²) in [4.78, 5) is 8.75. The lowest BCUT2D eigenvalue weighted by atomic mass is 9.93. The molecule has 5 nitrogen and oxygen atoms in total. The number of nitrogens with one attached hydrogen (secondary N) is 2. The van der Waals surface area contributed by atoms with Gasteiger partial charge in [0.15, 0.2) is 0 Å². The summed E-state index contributed by atoms with van der Waals surface area (Å²) in [6, 6.07) is 0.588. The molecule has 1 aliphatic carbocycles. The maximum Gasteiger partial charge on any atom is 0.222 e. The Hall–Kier alpha value is -1.36. The topological polar surface area (TPSA) is 75.9 Å². The molecule has 17 heavy (non-hydrogen) atoms. The molecule has 5 heteroatoms. The highest BCUT2D eigenvalue weighted by atomic mass is 15.1. The molecule has 0 spiro atoms. The van der Waals surface area contributed by atoms with Gasteiger partial charge in [-0.2, -0.15) is 4.98 Å². The highest BCUT2D eigenvalue weighted by molar-refractivity contribution is 5.51. The van der Waals surface area contributed by atoms with Gasteiger partial charge in [-0.25, -0.2) is 4.98 Å². The third-order valence-corrected chi connectivity index (χ3v) is 3.65. The van der Waals surface area contributed by atoms with E-state index in [4.69, 9.17) is 5.73 Å². The second-order valence-electron chi connectivity index (χ2n) is 4.88. The molecule has 1 aromatic heterocycles. The first-order valence-electron chi connectivity index (χ1n) is 6.45. The molecule has 1 aliphatic heterocycles. The Labute approximate surface area is 101 Å².